The number of hydrogen-bond donors (Lipinski definition) is 2. The molecule has 8 nitrogen and oxygen atoms in total. The van der Waals surface area contributed by atoms with Gasteiger partial charge < -0.3 is 24.3 Å². The highest BCUT2D eigenvalue weighted by molar-refractivity contribution is 6.10. The number of fused-ring (bicyclic) bond motifs is 1. The van der Waals surface area contributed by atoms with Gasteiger partial charge in [-0.25, -0.2) is 4.99 Å². The smallest absolute Gasteiger partial charge is 0.258 e. The maximum atomic E-state index is 12.9. The Morgan fingerprint density at radius 2 is 2.07 bits per heavy atom. The Morgan fingerprint density at radius 1 is 1.20 bits per heavy atom. The van der Waals surface area contributed by atoms with Crippen LogP contribution in [0.15, 0.2) is 47.5 Å². The molecule has 0 aliphatic carbocycles. The molecule has 0 bridgehead atoms. The number of para-hydroxylation sites is 2. The second kappa shape index (κ2) is 9.49. The van der Waals surface area contributed by atoms with Crippen molar-refractivity contribution in [2.24, 2.45) is 4.99 Å². The Bertz CT molecular complexity index is 925. The fraction of sp³-hybridized carbons (Fsp3) is 0.364. The summed E-state index contributed by atoms with van der Waals surface area (Å²) in [7, 11) is 0. The molecule has 2 N–H and O–H groups in total. The van der Waals surface area contributed by atoms with E-state index in [9.17, 15) is 4.79 Å². The molecule has 2 aromatic carbocycles. The van der Waals surface area contributed by atoms with Crippen LogP contribution in [0.4, 0.5) is 5.69 Å². The van der Waals surface area contributed by atoms with Crippen molar-refractivity contribution in [2.45, 2.75) is 25.9 Å². The topological polar surface area (TPSA) is 90.4 Å². The molecular weight excluding hydrogens is 386 g/mol. The molecule has 1 fully saturated rings. The molecule has 30 heavy (non-hydrogen) atoms. The van der Waals surface area contributed by atoms with E-state index >= 15 is 0 Å². The van der Waals surface area contributed by atoms with Crippen LogP contribution in [0.3, 0.4) is 0 Å². The van der Waals surface area contributed by atoms with Crippen molar-refractivity contribution >= 4 is 17.6 Å². The summed E-state index contributed by atoms with van der Waals surface area (Å²) in [6, 6.07) is 12.6. The molecule has 2 aliphatic rings. The van der Waals surface area contributed by atoms with Gasteiger partial charge in [-0.15, -0.1) is 0 Å². The van der Waals surface area contributed by atoms with Crippen molar-refractivity contribution in [3.63, 3.8) is 0 Å². The molecule has 0 spiro atoms. The lowest BCUT2D eigenvalue weighted by atomic mass is 10.2. The highest BCUT2D eigenvalue weighted by Crippen LogP contribution is 2.32. The van der Waals surface area contributed by atoms with Gasteiger partial charge in [0.1, 0.15) is 5.75 Å². The van der Waals surface area contributed by atoms with Crippen LogP contribution in [0.5, 0.6) is 17.2 Å². The van der Waals surface area contributed by atoms with Crippen LogP contribution < -0.4 is 24.8 Å². The number of guanidine groups is 1. The second-order valence-electron chi connectivity index (χ2n) is 6.90. The highest BCUT2D eigenvalue weighted by Gasteiger charge is 2.19. The predicted octanol–water partition coefficient (Wildman–Crippen LogP) is 3.19. The van der Waals surface area contributed by atoms with Crippen molar-refractivity contribution < 1.29 is 23.7 Å². The van der Waals surface area contributed by atoms with Gasteiger partial charge in [-0.05, 0) is 50.1 Å². The molecular formula is C22H25N3O5. The van der Waals surface area contributed by atoms with E-state index in [-0.39, 0.29) is 18.8 Å². The molecule has 2 heterocycles. The average Bonchev–Trinajstić information content (AvgIpc) is 3.44. The van der Waals surface area contributed by atoms with Gasteiger partial charge in [0.15, 0.2) is 11.5 Å². The third kappa shape index (κ3) is 4.83. The number of carbonyl (C=O) groups excluding carboxylic acids is 1. The summed E-state index contributed by atoms with van der Waals surface area (Å²) in [6.07, 6.45) is 2.05. The quantitative estimate of drug-likeness (QED) is 0.561. The molecule has 1 saturated heterocycles. The maximum absolute atomic E-state index is 12.9. The van der Waals surface area contributed by atoms with Crippen LogP contribution >= 0.6 is 0 Å². The Hall–Kier alpha value is -3.26. The number of aliphatic imine (C=N–C) groups is 1. The summed E-state index contributed by atoms with van der Waals surface area (Å²) in [5, 5.41) is 6.05. The van der Waals surface area contributed by atoms with E-state index in [2.05, 4.69) is 15.6 Å². The van der Waals surface area contributed by atoms with Crippen LogP contribution in [0, 0.1) is 0 Å². The van der Waals surface area contributed by atoms with E-state index in [1.807, 2.05) is 31.2 Å². The van der Waals surface area contributed by atoms with Crippen molar-refractivity contribution in [3.8, 4) is 17.2 Å². The third-order valence-corrected chi connectivity index (χ3v) is 4.78. The van der Waals surface area contributed by atoms with Crippen LogP contribution in [-0.2, 0) is 4.74 Å². The summed E-state index contributed by atoms with van der Waals surface area (Å²) in [5.41, 5.74) is 1.17. The number of hydrogen-bond acceptors (Lipinski definition) is 6. The molecule has 0 unspecified atom stereocenters. The SMILES string of the molecule is CCOc1ccccc1NC(=NC[C@@H]1CCCO1)NC(=O)c1ccc2c(c1)OCO2. The second-order valence-corrected chi connectivity index (χ2v) is 6.90. The summed E-state index contributed by atoms with van der Waals surface area (Å²) >= 11 is 0. The first-order chi connectivity index (χ1) is 14.7. The van der Waals surface area contributed by atoms with Gasteiger partial charge in [-0.2, -0.15) is 0 Å². The molecule has 0 radical (unpaired) electrons. The molecule has 0 aromatic heterocycles. The molecule has 2 aromatic rings. The normalized spacial score (nSPS) is 17.6. The molecule has 8 heteroatoms. The van der Waals surface area contributed by atoms with Crippen LogP contribution in [0.25, 0.3) is 0 Å². The van der Waals surface area contributed by atoms with E-state index in [1.165, 1.54) is 0 Å². The predicted molar refractivity (Wildman–Crippen MR) is 113 cm³/mol. The van der Waals surface area contributed by atoms with Gasteiger partial charge in [0, 0.05) is 12.2 Å². The Labute approximate surface area is 175 Å². The van der Waals surface area contributed by atoms with E-state index in [0.29, 0.717) is 41.9 Å². The number of ether oxygens (including phenoxy) is 4. The van der Waals surface area contributed by atoms with Crippen molar-refractivity contribution in [1.82, 2.24) is 5.32 Å². The lowest BCUT2D eigenvalue weighted by Crippen LogP contribution is -2.36. The molecule has 4 rings (SSSR count). The van der Waals surface area contributed by atoms with E-state index in [1.54, 1.807) is 18.2 Å². The maximum Gasteiger partial charge on any atom is 0.258 e. The minimum absolute atomic E-state index is 0.0615. The van der Waals surface area contributed by atoms with Gasteiger partial charge in [-0.3, -0.25) is 10.1 Å². The summed E-state index contributed by atoms with van der Waals surface area (Å²) < 4.78 is 22.0. The molecule has 0 saturated carbocycles. The first-order valence-electron chi connectivity index (χ1n) is 10.1. The molecule has 158 valence electrons. The van der Waals surface area contributed by atoms with E-state index in [0.717, 1.165) is 25.1 Å². The Kier molecular flexibility index (Phi) is 6.34. The number of nitrogens with zero attached hydrogens (tertiary/aromatic N) is 1. The van der Waals surface area contributed by atoms with Gasteiger partial charge in [0.05, 0.1) is 24.9 Å². The zero-order chi connectivity index (χ0) is 20.8. The van der Waals surface area contributed by atoms with Gasteiger partial charge >= 0.3 is 0 Å². The number of benzene rings is 2. The molecule has 2 aliphatic heterocycles. The zero-order valence-corrected chi connectivity index (χ0v) is 16.8. The standard InChI is InChI=1S/C22H25N3O5/c1-2-27-18-8-4-3-7-17(18)24-22(23-13-16-6-5-11-28-16)25-21(26)15-9-10-19-20(12-15)30-14-29-19/h3-4,7-10,12,16H,2,5-6,11,13-14H2,1H3,(H2,23,24,25,26)/t16-/m0/s1. The highest BCUT2D eigenvalue weighted by atomic mass is 16.7. The minimum Gasteiger partial charge on any atom is -0.492 e. The van der Waals surface area contributed by atoms with E-state index < -0.39 is 0 Å². The van der Waals surface area contributed by atoms with Crippen molar-refractivity contribution in [2.75, 3.05) is 31.9 Å². The minimum atomic E-state index is -0.305. The largest absolute Gasteiger partial charge is 0.492 e. The Balaban J connectivity index is 1.52. The first-order valence-corrected chi connectivity index (χ1v) is 10.1. The monoisotopic (exact) mass is 411 g/mol. The molecule has 1 amide bonds. The van der Waals surface area contributed by atoms with Crippen molar-refractivity contribution in [1.29, 1.82) is 0 Å². The lowest BCUT2D eigenvalue weighted by Gasteiger charge is -2.16. The average molecular weight is 411 g/mol. The van der Waals surface area contributed by atoms with Crippen molar-refractivity contribution in [3.05, 3.63) is 48.0 Å². The van der Waals surface area contributed by atoms with Crippen LogP contribution in [0.2, 0.25) is 0 Å². The van der Waals surface area contributed by atoms with E-state index in [4.69, 9.17) is 18.9 Å². The van der Waals surface area contributed by atoms with Crippen LogP contribution in [0.1, 0.15) is 30.1 Å². The zero-order valence-electron chi connectivity index (χ0n) is 16.8. The number of anilines is 1. The number of amides is 1. The number of nitrogens with one attached hydrogen (secondary N) is 2. The first kappa shape index (κ1) is 20.0. The lowest BCUT2D eigenvalue weighted by molar-refractivity contribution is 0.0975. The van der Waals surface area contributed by atoms with Gasteiger partial charge in [-0.1, -0.05) is 12.1 Å². The number of carbonyl (C=O) groups is 1. The fourth-order valence-corrected chi connectivity index (χ4v) is 3.29. The summed E-state index contributed by atoms with van der Waals surface area (Å²) in [6.45, 7) is 3.82. The van der Waals surface area contributed by atoms with Gasteiger partial charge in [0.25, 0.3) is 5.91 Å². The summed E-state index contributed by atoms with van der Waals surface area (Å²) in [5.74, 6) is 1.89. The Morgan fingerprint density at radius 3 is 2.90 bits per heavy atom. The fourth-order valence-electron chi connectivity index (χ4n) is 3.29. The third-order valence-electron chi connectivity index (χ3n) is 4.78. The van der Waals surface area contributed by atoms with Crippen LogP contribution in [-0.4, -0.2) is 44.5 Å². The van der Waals surface area contributed by atoms with Gasteiger partial charge in [0.2, 0.25) is 12.8 Å². The molecule has 1 atom stereocenters. The number of rotatable bonds is 6. The summed E-state index contributed by atoms with van der Waals surface area (Å²) in [4.78, 5) is 17.4.